The SMILES string of the molecule is COc1ccc(S(=O)(=O)NC(C)(C)C)cc1C(=O)N1CCCCCC1. The number of nitrogens with zero attached hydrogens (tertiary/aromatic N) is 1. The van der Waals surface area contributed by atoms with Gasteiger partial charge in [0.2, 0.25) is 10.0 Å². The van der Waals surface area contributed by atoms with Crippen LogP contribution in [0.3, 0.4) is 0 Å². The molecule has 1 heterocycles. The maximum Gasteiger partial charge on any atom is 0.257 e. The van der Waals surface area contributed by atoms with Gasteiger partial charge in [-0.05, 0) is 51.8 Å². The monoisotopic (exact) mass is 368 g/mol. The van der Waals surface area contributed by atoms with Crippen LogP contribution < -0.4 is 9.46 Å². The highest BCUT2D eigenvalue weighted by Crippen LogP contribution is 2.25. The molecular formula is C18H28N2O4S. The first-order valence-electron chi connectivity index (χ1n) is 8.65. The first-order valence-corrected chi connectivity index (χ1v) is 10.1. The average molecular weight is 368 g/mol. The van der Waals surface area contributed by atoms with Crippen molar-refractivity contribution in [3.63, 3.8) is 0 Å². The summed E-state index contributed by atoms with van der Waals surface area (Å²) in [5, 5.41) is 0. The van der Waals surface area contributed by atoms with Crippen molar-refractivity contribution in [2.45, 2.75) is 56.9 Å². The molecule has 25 heavy (non-hydrogen) atoms. The van der Waals surface area contributed by atoms with E-state index in [9.17, 15) is 13.2 Å². The summed E-state index contributed by atoms with van der Waals surface area (Å²) >= 11 is 0. The molecule has 0 unspecified atom stereocenters. The van der Waals surface area contributed by atoms with Crippen molar-refractivity contribution in [1.29, 1.82) is 0 Å². The van der Waals surface area contributed by atoms with Crippen LogP contribution in [-0.2, 0) is 10.0 Å². The minimum Gasteiger partial charge on any atom is -0.496 e. The Hall–Kier alpha value is -1.60. The Balaban J connectivity index is 2.38. The van der Waals surface area contributed by atoms with Crippen molar-refractivity contribution >= 4 is 15.9 Å². The first-order chi connectivity index (χ1) is 11.6. The lowest BCUT2D eigenvalue weighted by atomic mass is 10.1. The summed E-state index contributed by atoms with van der Waals surface area (Å²) in [6, 6.07) is 4.43. The lowest BCUT2D eigenvalue weighted by Gasteiger charge is -2.23. The molecule has 1 aromatic rings. The molecule has 1 amide bonds. The van der Waals surface area contributed by atoms with E-state index >= 15 is 0 Å². The summed E-state index contributed by atoms with van der Waals surface area (Å²) in [6.07, 6.45) is 4.17. The number of nitrogens with one attached hydrogen (secondary N) is 1. The van der Waals surface area contributed by atoms with Crippen molar-refractivity contribution in [2.24, 2.45) is 0 Å². The van der Waals surface area contributed by atoms with Gasteiger partial charge < -0.3 is 9.64 Å². The van der Waals surface area contributed by atoms with Crippen LogP contribution in [0.5, 0.6) is 5.75 Å². The second-order valence-corrected chi connectivity index (χ2v) is 9.11. The van der Waals surface area contributed by atoms with E-state index < -0.39 is 15.6 Å². The van der Waals surface area contributed by atoms with Gasteiger partial charge in [-0.15, -0.1) is 0 Å². The van der Waals surface area contributed by atoms with E-state index in [2.05, 4.69) is 4.72 Å². The summed E-state index contributed by atoms with van der Waals surface area (Å²) in [6.45, 7) is 6.71. The molecule has 0 atom stereocenters. The van der Waals surface area contributed by atoms with Crippen molar-refractivity contribution in [3.05, 3.63) is 23.8 Å². The highest BCUT2D eigenvalue weighted by molar-refractivity contribution is 7.89. The summed E-state index contributed by atoms with van der Waals surface area (Å²) in [7, 11) is -2.23. The number of hydrogen-bond acceptors (Lipinski definition) is 4. The second kappa shape index (κ2) is 7.74. The van der Waals surface area contributed by atoms with E-state index in [-0.39, 0.29) is 10.8 Å². The van der Waals surface area contributed by atoms with Crippen molar-refractivity contribution in [1.82, 2.24) is 9.62 Å². The molecule has 1 aromatic carbocycles. The van der Waals surface area contributed by atoms with Gasteiger partial charge in [-0.2, -0.15) is 0 Å². The Bertz CT molecular complexity index is 715. The zero-order valence-electron chi connectivity index (χ0n) is 15.5. The molecule has 7 heteroatoms. The van der Waals surface area contributed by atoms with Crippen LogP contribution in [0, 0.1) is 0 Å². The van der Waals surface area contributed by atoms with Gasteiger partial charge in [0.25, 0.3) is 5.91 Å². The third-order valence-electron chi connectivity index (χ3n) is 4.05. The Morgan fingerprint density at radius 1 is 1.12 bits per heavy atom. The fraction of sp³-hybridized carbons (Fsp3) is 0.611. The van der Waals surface area contributed by atoms with E-state index in [0.29, 0.717) is 24.4 Å². The van der Waals surface area contributed by atoms with Crippen molar-refractivity contribution in [2.75, 3.05) is 20.2 Å². The first kappa shape index (κ1) is 19.7. The predicted molar refractivity (Wildman–Crippen MR) is 97.4 cm³/mol. The van der Waals surface area contributed by atoms with E-state index in [1.165, 1.54) is 19.2 Å². The minimum absolute atomic E-state index is 0.0707. The Labute approximate surface area is 150 Å². The average Bonchev–Trinajstić information content (AvgIpc) is 2.80. The molecule has 0 saturated carbocycles. The molecule has 0 radical (unpaired) electrons. The molecule has 0 bridgehead atoms. The zero-order valence-corrected chi connectivity index (χ0v) is 16.3. The maximum atomic E-state index is 12.9. The van der Waals surface area contributed by atoms with Crippen molar-refractivity contribution in [3.8, 4) is 5.75 Å². The van der Waals surface area contributed by atoms with Crippen molar-refractivity contribution < 1.29 is 17.9 Å². The van der Waals surface area contributed by atoms with Gasteiger partial charge >= 0.3 is 0 Å². The molecule has 2 rings (SSSR count). The minimum atomic E-state index is -3.71. The van der Waals surface area contributed by atoms with Crippen LogP contribution in [0.1, 0.15) is 56.8 Å². The van der Waals surface area contributed by atoms with Gasteiger partial charge in [0.1, 0.15) is 5.75 Å². The largest absolute Gasteiger partial charge is 0.496 e. The maximum absolute atomic E-state index is 12.9. The van der Waals surface area contributed by atoms with Crippen LogP contribution >= 0.6 is 0 Å². The third kappa shape index (κ3) is 5.19. The smallest absolute Gasteiger partial charge is 0.257 e. The standard InChI is InChI=1S/C18H28N2O4S/c1-18(2,3)19-25(22,23)14-9-10-16(24-4)15(13-14)17(21)20-11-7-5-6-8-12-20/h9-10,13,19H,5-8,11-12H2,1-4H3. The summed E-state index contributed by atoms with van der Waals surface area (Å²) in [5.74, 6) is 0.218. The lowest BCUT2D eigenvalue weighted by molar-refractivity contribution is 0.0758. The van der Waals surface area contributed by atoms with Gasteiger partial charge in [0.15, 0.2) is 0 Å². The van der Waals surface area contributed by atoms with Crippen LogP contribution in [0.25, 0.3) is 0 Å². The zero-order chi connectivity index (χ0) is 18.7. The molecule has 1 saturated heterocycles. The fourth-order valence-electron chi connectivity index (χ4n) is 2.93. The molecule has 1 aliphatic rings. The van der Waals surface area contributed by atoms with Crippen LogP contribution in [0.2, 0.25) is 0 Å². The highest BCUT2D eigenvalue weighted by Gasteiger charge is 2.26. The predicted octanol–water partition coefficient (Wildman–Crippen LogP) is 2.79. The van der Waals surface area contributed by atoms with Gasteiger partial charge in [0.05, 0.1) is 17.6 Å². The second-order valence-electron chi connectivity index (χ2n) is 7.42. The topological polar surface area (TPSA) is 75.7 Å². The number of benzene rings is 1. The summed E-state index contributed by atoms with van der Waals surface area (Å²) < 4.78 is 33.1. The number of carbonyl (C=O) groups excluding carboxylic acids is 1. The van der Waals surface area contributed by atoms with Gasteiger partial charge in [-0.25, -0.2) is 13.1 Å². The van der Waals surface area contributed by atoms with Gasteiger partial charge in [0, 0.05) is 18.6 Å². The normalized spacial score (nSPS) is 16.4. The van der Waals surface area contributed by atoms with Crippen LogP contribution in [0.4, 0.5) is 0 Å². The highest BCUT2D eigenvalue weighted by atomic mass is 32.2. The van der Waals surface area contributed by atoms with Gasteiger partial charge in [-0.1, -0.05) is 12.8 Å². The van der Waals surface area contributed by atoms with Crippen LogP contribution in [0.15, 0.2) is 23.1 Å². The van der Waals surface area contributed by atoms with E-state index in [4.69, 9.17) is 4.74 Å². The Morgan fingerprint density at radius 2 is 1.72 bits per heavy atom. The molecule has 1 aliphatic heterocycles. The molecule has 0 spiro atoms. The Kier molecular flexibility index (Phi) is 6.11. The Morgan fingerprint density at radius 3 is 2.24 bits per heavy atom. The molecule has 0 aromatic heterocycles. The lowest BCUT2D eigenvalue weighted by Crippen LogP contribution is -2.40. The number of hydrogen-bond donors (Lipinski definition) is 1. The van der Waals surface area contributed by atoms with E-state index in [1.54, 1.807) is 31.7 Å². The third-order valence-corrected chi connectivity index (χ3v) is 5.80. The number of methoxy groups -OCH3 is 1. The molecular weight excluding hydrogens is 340 g/mol. The number of likely N-dealkylation sites (tertiary alicyclic amines) is 1. The number of ether oxygens (including phenoxy) is 1. The molecule has 140 valence electrons. The quantitative estimate of drug-likeness (QED) is 0.887. The van der Waals surface area contributed by atoms with E-state index in [1.807, 2.05) is 0 Å². The number of carbonyl (C=O) groups is 1. The number of rotatable bonds is 4. The van der Waals surface area contributed by atoms with E-state index in [0.717, 1.165) is 25.7 Å². The summed E-state index contributed by atoms with van der Waals surface area (Å²) in [4.78, 5) is 14.8. The van der Waals surface area contributed by atoms with Gasteiger partial charge in [-0.3, -0.25) is 4.79 Å². The molecule has 1 fully saturated rings. The molecule has 0 aliphatic carbocycles. The number of amides is 1. The molecule has 1 N–H and O–H groups in total. The van der Waals surface area contributed by atoms with Crippen LogP contribution in [-0.4, -0.2) is 45.0 Å². The molecule has 6 nitrogen and oxygen atoms in total. The fourth-order valence-corrected chi connectivity index (χ4v) is 4.37. The number of sulfonamides is 1. The summed E-state index contributed by atoms with van der Waals surface area (Å²) in [5.41, 5.74) is -0.311.